The van der Waals surface area contributed by atoms with E-state index in [-0.39, 0.29) is 6.10 Å². The molecule has 1 fully saturated rings. The molecule has 1 aliphatic heterocycles. The molecule has 4 nitrogen and oxygen atoms in total. The average Bonchev–Trinajstić information content (AvgIpc) is 2.39. The van der Waals surface area contributed by atoms with Crippen LogP contribution >= 0.6 is 0 Å². The summed E-state index contributed by atoms with van der Waals surface area (Å²) in [4.78, 5) is 2.07. The van der Waals surface area contributed by atoms with Crippen molar-refractivity contribution in [3.05, 3.63) is 35.4 Å². The Morgan fingerprint density at radius 3 is 2.89 bits per heavy atom. The van der Waals surface area contributed by atoms with Crippen molar-refractivity contribution in [2.45, 2.75) is 19.1 Å². The van der Waals surface area contributed by atoms with Gasteiger partial charge in [0, 0.05) is 19.6 Å². The number of morpholine rings is 1. The van der Waals surface area contributed by atoms with Crippen molar-refractivity contribution in [1.29, 1.82) is 5.26 Å². The SMILES string of the molecule is Cc1ccc(C(O)CN2CCOC(C#N)C2)cc1. The van der Waals surface area contributed by atoms with Gasteiger partial charge in [0.2, 0.25) is 0 Å². The number of aliphatic hydroxyl groups is 1. The number of aryl methyl sites for hydroxylation is 1. The van der Waals surface area contributed by atoms with E-state index in [9.17, 15) is 5.11 Å². The molecule has 1 aliphatic rings. The van der Waals surface area contributed by atoms with E-state index < -0.39 is 6.10 Å². The van der Waals surface area contributed by atoms with Gasteiger partial charge in [0.1, 0.15) is 0 Å². The van der Waals surface area contributed by atoms with Crippen LogP contribution in [-0.4, -0.2) is 42.4 Å². The molecule has 2 atom stereocenters. The largest absolute Gasteiger partial charge is 0.387 e. The average molecular weight is 246 g/mol. The molecule has 0 saturated carbocycles. The lowest BCUT2D eigenvalue weighted by atomic mass is 10.1. The van der Waals surface area contributed by atoms with E-state index in [0.717, 1.165) is 12.1 Å². The van der Waals surface area contributed by atoms with Crippen LogP contribution in [0.4, 0.5) is 0 Å². The fourth-order valence-electron chi connectivity index (χ4n) is 2.09. The van der Waals surface area contributed by atoms with Crippen molar-refractivity contribution in [2.24, 2.45) is 0 Å². The highest BCUT2D eigenvalue weighted by Crippen LogP contribution is 2.16. The summed E-state index contributed by atoms with van der Waals surface area (Å²) < 4.78 is 5.28. The summed E-state index contributed by atoms with van der Waals surface area (Å²) >= 11 is 0. The normalized spacial score (nSPS) is 22.4. The Morgan fingerprint density at radius 1 is 1.50 bits per heavy atom. The molecule has 96 valence electrons. The number of hydrogen-bond donors (Lipinski definition) is 1. The molecule has 2 rings (SSSR count). The van der Waals surface area contributed by atoms with Gasteiger partial charge in [0.15, 0.2) is 6.10 Å². The first kappa shape index (κ1) is 13.0. The standard InChI is InChI=1S/C14H18N2O2/c1-11-2-4-12(5-3-11)14(17)10-16-6-7-18-13(8-15)9-16/h2-5,13-14,17H,6-7,9-10H2,1H3. The molecule has 2 unspecified atom stereocenters. The second-order valence-electron chi connectivity index (χ2n) is 4.67. The molecular weight excluding hydrogens is 228 g/mol. The van der Waals surface area contributed by atoms with Gasteiger partial charge >= 0.3 is 0 Å². The van der Waals surface area contributed by atoms with Gasteiger partial charge in [0.05, 0.1) is 18.8 Å². The number of nitriles is 1. The summed E-state index contributed by atoms with van der Waals surface area (Å²) in [7, 11) is 0. The predicted molar refractivity (Wildman–Crippen MR) is 67.9 cm³/mol. The molecule has 0 spiro atoms. The summed E-state index contributed by atoms with van der Waals surface area (Å²) in [5, 5.41) is 19.0. The van der Waals surface area contributed by atoms with Crippen molar-refractivity contribution < 1.29 is 9.84 Å². The number of aliphatic hydroxyl groups excluding tert-OH is 1. The second-order valence-corrected chi connectivity index (χ2v) is 4.67. The molecule has 1 N–H and O–H groups in total. The lowest BCUT2D eigenvalue weighted by molar-refractivity contribution is -0.0159. The fraction of sp³-hybridized carbons (Fsp3) is 0.500. The van der Waals surface area contributed by atoms with Crippen LogP contribution < -0.4 is 0 Å². The van der Waals surface area contributed by atoms with Gasteiger partial charge in [-0.1, -0.05) is 29.8 Å². The predicted octanol–water partition coefficient (Wildman–Crippen LogP) is 1.25. The fourth-order valence-corrected chi connectivity index (χ4v) is 2.09. The summed E-state index contributed by atoms with van der Waals surface area (Å²) in [5.74, 6) is 0. The third-order valence-electron chi connectivity index (χ3n) is 3.19. The Labute approximate surface area is 107 Å². The Hall–Kier alpha value is -1.41. The van der Waals surface area contributed by atoms with Crippen molar-refractivity contribution in [2.75, 3.05) is 26.2 Å². The number of ether oxygens (including phenoxy) is 1. The Morgan fingerprint density at radius 2 is 2.22 bits per heavy atom. The maximum atomic E-state index is 10.2. The summed E-state index contributed by atoms with van der Waals surface area (Å²) in [6.45, 7) is 4.46. The van der Waals surface area contributed by atoms with E-state index in [4.69, 9.17) is 10.00 Å². The topological polar surface area (TPSA) is 56.5 Å². The van der Waals surface area contributed by atoms with Gasteiger partial charge in [-0.05, 0) is 12.5 Å². The van der Waals surface area contributed by atoms with Gasteiger partial charge in [-0.3, -0.25) is 4.90 Å². The monoisotopic (exact) mass is 246 g/mol. The molecule has 0 radical (unpaired) electrons. The minimum atomic E-state index is -0.511. The van der Waals surface area contributed by atoms with Crippen molar-refractivity contribution in [3.63, 3.8) is 0 Å². The van der Waals surface area contributed by atoms with Crippen molar-refractivity contribution in [1.82, 2.24) is 4.90 Å². The van der Waals surface area contributed by atoms with Crippen LogP contribution in [0.15, 0.2) is 24.3 Å². The minimum Gasteiger partial charge on any atom is -0.387 e. The van der Waals surface area contributed by atoms with E-state index in [1.165, 1.54) is 5.56 Å². The number of hydrogen-bond acceptors (Lipinski definition) is 4. The molecule has 0 aromatic heterocycles. The summed E-state index contributed by atoms with van der Waals surface area (Å²) in [6.07, 6.45) is -0.882. The highest BCUT2D eigenvalue weighted by atomic mass is 16.5. The van der Waals surface area contributed by atoms with Crippen LogP contribution in [0, 0.1) is 18.3 Å². The van der Waals surface area contributed by atoms with Gasteiger partial charge in [-0.25, -0.2) is 0 Å². The summed E-state index contributed by atoms with van der Waals surface area (Å²) in [5.41, 5.74) is 2.10. The highest BCUT2D eigenvalue weighted by molar-refractivity contribution is 5.23. The molecule has 1 aromatic rings. The lowest BCUT2D eigenvalue weighted by Gasteiger charge is -2.31. The third kappa shape index (κ3) is 3.30. The van der Waals surface area contributed by atoms with E-state index >= 15 is 0 Å². The lowest BCUT2D eigenvalue weighted by Crippen LogP contribution is -2.43. The van der Waals surface area contributed by atoms with Gasteiger partial charge < -0.3 is 9.84 Å². The van der Waals surface area contributed by atoms with Crippen LogP contribution in [-0.2, 0) is 4.74 Å². The zero-order valence-corrected chi connectivity index (χ0v) is 10.5. The van der Waals surface area contributed by atoms with E-state index in [2.05, 4.69) is 11.0 Å². The van der Waals surface area contributed by atoms with E-state index in [1.54, 1.807) is 0 Å². The van der Waals surface area contributed by atoms with Crippen LogP contribution in [0.25, 0.3) is 0 Å². The summed E-state index contributed by atoms with van der Waals surface area (Å²) in [6, 6.07) is 9.99. The van der Waals surface area contributed by atoms with E-state index in [1.807, 2.05) is 31.2 Å². The number of benzene rings is 1. The first-order chi connectivity index (χ1) is 8.69. The molecular formula is C14H18N2O2. The first-order valence-corrected chi connectivity index (χ1v) is 6.17. The van der Waals surface area contributed by atoms with E-state index in [0.29, 0.717) is 19.7 Å². The van der Waals surface area contributed by atoms with Crippen LogP contribution in [0.2, 0.25) is 0 Å². The zero-order valence-electron chi connectivity index (χ0n) is 10.5. The maximum absolute atomic E-state index is 10.2. The molecule has 0 amide bonds. The molecule has 1 heterocycles. The smallest absolute Gasteiger partial charge is 0.156 e. The number of β-amino-alcohol motifs (C(OH)–C–C–N with tert-alkyl or cyclic N) is 1. The highest BCUT2D eigenvalue weighted by Gasteiger charge is 2.22. The van der Waals surface area contributed by atoms with Crippen LogP contribution in [0.3, 0.4) is 0 Å². The molecule has 0 aliphatic carbocycles. The first-order valence-electron chi connectivity index (χ1n) is 6.17. The third-order valence-corrected chi connectivity index (χ3v) is 3.19. The van der Waals surface area contributed by atoms with Crippen molar-refractivity contribution >= 4 is 0 Å². The number of rotatable bonds is 3. The Balaban J connectivity index is 1.92. The van der Waals surface area contributed by atoms with Gasteiger partial charge in [-0.2, -0.15) is 5.26 Å². The number of nitrogens with zero attached hydrogens (tertiary/aromatic N) is 2. The second kappa shape index (κ2) is 5.96. The molecule has 0 bridgehead atoms. The Bertz CT molecular complexity index is 424. The van der Waals surface area contributed by atoms with Gasteiger partial charge in [0.25, 0.3) is 0 Å². The maximum Gasteiger partial charge on any atom is 0.156 e. The van der Waals surface area contributed by atoms with Crippen molar-refractivity contribution in [3.8, 4) is 6.07 Å². The molecule has 18 heavy (non-hydrogen) atoms. The minimum absolute atomic E-state index is 0.371. The molecule has 1 aromatic carbocycles. The van der Waals surface area contributed by atoms with Crippen LogP contribution in [0.1, 0.15) is 17.2 Å². The zero-order chi connectivity index (χ0) is 13.0. The van der Waals surface area contributed by atoms with Crippen LogP contribution in [0.5, 0.6) is 0 Å². The molecule has 4 heteroatoms. The quantitative estimate of drug-likeness (QED) is 0.872. The van der Waals surface area contributed by atoms with Gasteiger partial charge in [-0.15, -0.1) is 0 Å². The molecule has 1 saturated heterocycles. The Kier molecular flexibility index (Phi) is 4.32.